The van der Waals surface area contributed by atoms with Crippen LogP contribution in [0.5, 0.6) is 0 Å². The summed E-state index contributed by atoms with van der Waals surface area (Å²) in [5.74, 6) is -0.307. The highest BCUT2D eigenvalue weighted by atomic mass is 32.2. The molecule has 3 aliphatic heterocycles. The lowest BCUT2D eigenvalue weighted by molar-refractivity contribution is -0.379. The predicted molar refractivity (Wildman–Crippen MR) is 210 cm³/mol. The van der Waals surface area contributed by atoms with E-state index in [1.54, 1.807) is 18.2 Å². The summed E-state index contributed by atoms with van der Waals surface area (Å²) in [5, 5.41) is 108. The fourth-order valence-corrected chi connectivity index (χ4v) is 8.69. The van der Waals surface area contributed by atoms with Crippen LogP contribution in [-0.4, -0.2) is 211 Å². The number of carbonyl (C=O) groups excluding carboxylic acids is 1. The van der Waals surface area contributed by atoms with Crippen LogP contribution >= 0.6 is 0 Å². The second-order valence-electron chi connectivity index (χ2n) is 15.3. The normalized spacial score (nSPS) is 34.7. The molecule has 3 saturated heterocycles. The molecule has 0 bridgehead atoms. The smallest absolute Gasteiger partial charge is 0.241 e. The molecule has 0 aromatic heterocycles. The van der Waals surface area contributed by atoms with Crippen LogP contribution in [0.3, 0.4) is 0 Å². The molecule has 23 heteroatoms. The van der Waals surface area contributed by atoms with Gasteiger partial charge in [-0.2, -0.15) is 0 Å². The average molecular weight is 894 g/mol. The van der Waals surface area contributed by atoms with Crippen molar-refractivity contribution in [2.45, 2.75) is 123 Å². The molecule has 2 aromatic rings. The molecule has 0 unspecified atom stereocenters. The predicted octanol–water partition coefficient (Wildman–Crippen LogP) is -4.67. The van der Waals surface area contributed by atoms with Crippen molar-refractivity contribution in [3.63, 3.8) is 0 Å². The van der Waals surface area contributed by atoms with Crippen molar-refractivity contribution < 1.29 is 92.7 Å². The average Bonchev–Trinajstić information content (AvgIpc) is 3.24. The van der Waals surface area contributed by atoms with Crippen molar-refractivity contribution >= 4 is 32.4 Å². The maximum atomic E-state index is 13.1. The zero-order valence-corrected chi connectivity index (χ0v) is 34.5. The van der Waals surface area contributed by atoms with E-state index in [0.29, 0.717) is 24.6 Å². The second-order valence-corrected chi connectivity index (χ2v) is 17.0. The van der Waals surface area contributed by atoms with Crippen LogP contribution in [0, 0.1) is 0 Å². The lowest BCUT2D eigenvalue weighted by atomic mass is 9.96. The van der Waals surface area contributed by atoms with Crippen molar-refractivity contribution in [1.82, 2.24) is 10.0 Å². The molecule has 3 fully saturated rings. The number of aliphatic hydroxyl groups is 10. The van der Waals surface area contributed by atoms with E-state index >= 15 is 0 Å². The molecular weight excluding hydrogens is 834 g/mol. The number of rotatable bonds is 20. The van der Waals surface area contributed by atoms with Gasteiger partial charge in [-0.25, -0.2) is 13.1 Å². The van der Waals surface area contributed by atoms with E-state index in [9.17, 15) is 64.3 Å². The summed E-state index contributed by atoms with van der Waals surface area (Å²) in [6.07, 6.45) is -23.7. The number of unbranched alkanes of at least 4 members (excludes halogenated alkanes) is 2. The third-order valence-corrected chi connectivity index (χ3v) is 12.3. The molecule has 15 atom stereocenters. The maximum Gasteiger partial charge on any atom is 0.241 e. The summed E-state index contributed by atoms with van der Waals surface area (Å²) in [6, 6.07) is 10.6. The number of sulfonamides is 1. The minimum atomic E-state index is -3.79. The third kappa shape index (κ3) is 11.7. The Hall–Kier alpha value is -2.76. The fraction of sp³-hybridized carbons (Fsp3) is 0.711. The SMILES string of the molecule is CN(C)c1cccc2c(S(=O)(=O)NCCCCCC(=O)NCCO[C@@H]3O[C@H](CO)[C@@H](O[C@@H]4O[C@H](CO)[C@H](O[C@H]5O[C@H](CO)[C@H](O)[C@H](O)[C@H]5O)[C@H](O)[C@H]4O)[C@H](O)[C@H]3O)cccc12. The third-order valence-electron chi connectivity index (χ3n) is 10.8. The van der Waals surface area contributed by atoms with Gasteiger partial charge in [0.25, 0.3) is 0 Å². The molecule has 0 saturated carbocycles. The molecule has 5 rings (SSSR count). The lowest BCUT2D eigenvalue weighted by Gasteiger charge is -2.48. The molecule has 0 radical (unpaired) electrons. The van der Waals surface area contributed by atoms with Crippen molar-refractivity contribution in [3.8, 4) is 0 Å². The number of anilines is 1. The van der Waals surface area contributed by atoms with Gasteiger partial charge in [-0.3, -0.25) is 4.79 Å². The number of benzene rings is 2. The summed E-state index contributed by atoms with van der Waals surface area (Å²) in [5.41, 5.74) is 0.896. The van der Waals surface area contributed by atoms with E-state index in [1.165, 1.54) is 0 Å². The van der Waals surface area contributed by atoms with Crippen LogP contribution in [-0.2, 0) is 43.2 Å². The first-order valence-electron chi connectivity index (χ1n) is 20.0. The van der Waals surface area contributed by atoms with Crippen molar-refractivity contribution in [2.24, 2.45) is 0 Å². The number of carbonyl (C=O) groups is 1. The Kier molecular flexibility index (Phi) is 18.0. The molecule has 61 heavy (non-hydrogen) atoms. The molecule has 12 N–H and O–H groups in total. The van der Waals surface area contributed by atoms with E-state index in [1.807, 2.05) is 37.2 Å². The Morgan fingerprint density at radius 3 is 1.80 bits per heavy atom. The topological polar surface area (TPSA) is 336 Å². The Bertz CT molecular complexity index is 1810. The first kappa shape index (κ1) is 49.3. The quantitative estimate of drug-likeness (QED) is 0.0556. The molecule has 3 heterocycles. The number of nitrogens with zero attached hydrogens (tertiary/aromatic N) is 1. The number of hydrogen-bond acceptors (Lipinski definition) is 20. The molecule has 0 spiro atoms. The van der Waals surface area contributed by atoms with Gasteiger partial charge in [0.2, 0.25) is 15.9 Å². The van der Waals surface area contributed by atoms with E-state index in [4.69, 9.17) is 28.4 Å². The summed E-state index contributed by atoms with van der Waals surface area (Å²) in [7, 11) is -0.0179. The van der Waals surface area contributed by atoms with Gasteiger partial charge >= 0.3 is 0 Å². The van der Waals surface area contributed by atoms with Crippen molar-refractivity contribution in [3.05, 3.63) is 36.4 Å². The molecule has 1 amide bonds. The molecule has 0 aliphatic carbocycles. The molecule has 3 aliphatic rings. The van der Waals surface area contributed by atoms with Gasteiger partial charge in [0, 0.05) is 50.1 Å². The summed E-state index contributed by atoms with van der Waals surface area (Å²) < 4.78 is 62.1. The van der Waals surface area contributed by atoms with Crippen LogP contribution in [0.15, 0.2) is 41.3 Å². The lowest BCUT2D eigenvalue weighted by Crippen LogP contribution is -2.66. The zero-order chi connectivity index (χ0) is 44.6. The number of amides is 1. The highest BCUT2D eigenvalue weighted by Crippen LogP contribution is 2.33. The van der Waals surface area contributed by atoms with E-state index in [-0.39, 0.29) is 36.9 Å². The number of fused-ring (bicyclic) bond motifs is 1. The monoisotopic (exact) mass is 893 g/mol. The Labute approximate surface area is 352 Å². The Balaban J connectivity index is 1.02. The first-order chi connectivity index (χ1) is 29.0. The van der Waals surface area contributed by atoms with Crippen LogP contribution in [0.4, 0.5) is 5.69 Å². The molecular formula is C38H59N3O19S. The van der Waals surface area contributed by atoms with Crippen LogP contribution in [0.2, 0.25) is 0 Å². The first-order valence-corrected chi connectivity index (χ1v) is 21.5. The van der Waals surface area contributed by atoms with E-state index in [0.717, 1.165) is 11.1 Å². The largest absolute Gasteiger partial charge is 0.394 e. The highest BCUT2D eigenvalue weighted by Gasteiger charge is 2.53. The van der Waals surface area contributed by atoms with Crippen LogP contribution in [0.1, 0.15) is 25.7 Å². The van der Waals surface area contributed by atoms with Gasteiger partial charge in [0.1, 0.15) is 73.2 Å². The molecule has 22 nitrogen and oxygen atoms in total. The summed E-state index contributed by atoms with van der Waals surface area (Å²) in [4.78, 5) is 14.5. The van der Waals surface area contributed by atoms with Gasteiger partial charge in [-0.05, 0) is 25.0 Å². The van der Waals surface area contributed by atoms with Crippen LogP contribution < -0.4 is 14.9 Å². The number of hydrogen-bond donors (Lipinski definition) is 12. The Morgan fingerprint density at radius 2 is 1.20 bits per heavy atom. The van der Waals surface area contributed by atoms with Crippen LogP contribution in [0.25, 0.3) is 10.8 Å². The summed E-state index contributed by atoms with van der Waals surface area (Å²) >= 11 is 0. The van der Waals surface area contributed by atoms with Crippen molar-refractivity contribution in [1.29, 1.82) is 0 Å². The zero-order valence-electron chi connectivity index (χ0n) is 33.7. The highest BCUT2D eigenvalue weighted by molar-refractivity contribution is 7.89. The van der Waals surface area contributed by atoms with E-state index in [2.05, 4.69) is 10.0 Å². The Morgan fingerprint density at radius 1 is 0.656 bits per heavy atom. The fourth-order valence-electron chi connectivity index (χ4n) is 7.40. The molecule has 2 aromatic carbocycles. The standard InChI is InChI=1S/C38H59N3O19S/c1-41(2)21-10-6-9-20-19(21)8-7-11-25(20)61(53,54)40-13-5-3-4-12-26(45)39-14-15-55-36-32(51)29(48)34(23(17-43)57-36)60-38-33(52)30(49)35(24(18-44)58-38)59-37-31(50)28(47)27(46)22(16-42)56-37/h6-11,22-24,27-38,40,42-44,46-52H,3-5,12-18H2,1-2H3,(H,39,45)/t22-,23-,24-,27+,28+,29-,30-,31-,32-,33-,34-,35+,36-,37-,38+/m1/s1. The minimum Gasteiger partial charge on any atom is -0.394 e. The van der Waals surface area contributed by atoms with Gasteiger partial charge in [-0.1, -0.05) is 30.7 Å². The van der Waals surface area contributed by atoms with Gasteiger partial charge in [0.05, 0.1) is 31.3 Å². The number of aliphatic hydroxyl groups excluding tert-OH is 10. The van der Waals surface area contributed by atoms with E-state index < -0.39 is 122 Å². The maximum absolute atomic E-state index is 13.1. The molecule has 346 valence electrons. The minimum absolute atomic E-state index is 0.0134. The number of nitrogens with one attached hydrogen (secondary N) is 2. The van der Waals surface area contributed by atoms with Gasteiger partial charge < -0.3 is 89.7 Å². The van der Waals surface area contributed by atoms with Gasteiger partial charge in [-0.15, -0.1) is 0 Å². The second kappa shape index (κ2) is 22.2. The van der Waals surface area contributed by atoms with Crippen molar-refractivity contribution in [2.75, 3.05) is 58.5 Å². The van der Waals surface area contributed by atoms with Gasteiger partial charge in [0.15, 0.2) is 18.9 Å². The number of ether oxygens (including phenoxy) is 6. The summed E-state index contributed by atoms with van der Waals surface area (Å²) in [6.45, 7) is -2.43.